The number of hydrogen-bond donors (Lipinski definition) is 3. The molecule has 0 aromatic heterocycles. The Morgan fingerprint density at radius 2 is 0.714 bits per heavy atom. The van der Waals surface area contributed by atoms with E-state index in [2.05, 4.69) is 0 Å². The van der Waals surface area contributed by atoms with Gasteiger partial charge in [0.15, 0.2) is 0 Å². The number of carboxylic acid groups (broad SMARTS) is 3. The first-order chi connectivity index (χ1) is 5.20. The second-order valence-electron chi connectivity index (χ2n) is 1.56. The van der Waals surface area contributed by atoms with Crippen LogP contribution in [-0.2, 0) is 40.6 Å². The third-order valence-corrected chi connectivity index (χ3v) is 0. The van der Waals surface area contributed by atoms with Crippen molar-refractivity contribution in [3.05, 3.63) is 7.43 Å². The van der Waals surface area contributed by atoms with Crippen LogP contribution in [0.25, 0.3) is 0 Å². The van der Waals surface area contributed by atoms with E-state index in [-0.39, 0.29) is 33.6 Å². The Balaban J connectivity index is -0.0000000270. The van der Waals surface area contributed by atoms with Gasteiger partial charge in [0, 0.05) is 47.0 Å². The fourth-order valence-electron chi connectivity index (χ4n) is 0. The van der Waals surface area contributed by atoms with E-state index < -0.39 is 17.9 Å². The van der Waals surface area contributed by atoms with Gasteiger partial charge >= 0.3 is 0 Å². The van der Waals surface area contributed by atoms with Crippen molar-refractivity contribution < 1.29 is 55.9 Å². The van der Waals surface area contributed by atoms with E-state index in [1.165, 1.54) is 0 Å². The monoisotopic (exact) mass is 285 g/mol. The van der Waals surface area contributed by atoms with Crippen molar-refractivity contribution in [1.82, 2.24) is 0 Å². The van der Waals surface area contributed by atoms with Crippen molar-refractivity contribution in [2.75, 3.05) is 0 Å². The molecule has 0 aliphatic heterocycles. The SMILES string of the molecule is CC(=O)O.CC(=O)O.CC(=O)O.[CH3-].[Zr]. The quantitative estimate of drug-likeness (QED) is 0.566. The molecule has 0 aromatic rings. The van der Waals surface area contributed by atoms with Crippen molar-refractivity contribution in [2.45, 2.75) is 20.8 Å². The second kappa shape index (κ2) is 22.8. The van der Waals surface area contributed by atoms with Crippen LogP contribution in [0.15, 0.2) is 0 Å². The van der Waals surface area contributed by atoms with Crippen LogP contribution in [0.3, 0.4) is 0 Å². The molecule has 0 aliphatic carbocycles. The minimum absolute atomic E-state index is 0. The minimum atomic E-state index is -0.833. The van der Waals surface area contributed by atoms with E-state index in [4.69, 9.17) is 29.7 Å². The van der Waals surface area contributed by atoms with Crippen LogP contribution in [0.1, 0.15) is 20.8 Å². The van der Waals surface area contributed by atoms with Gasteiger partial charge in [0.25, 0.3) is 17.9 Å². The van der Waals surface area contributed by atoms with E-state index in [1.54, 1.807) is 0 Å². The molecule has 0 unspecified atom stereocenters. The summed E-state index contributed by atoms with van der Waals surface area (Å²) in [7, 11) is 0. The fraction of sp³-hybridized carbons (Fsp3) is 0.429. The van der Waals surface area contributed by atoms with Crippen LogP contribution in [-0.4, -0.2) is 33.2 Å². The van der Waals surface area contributed by atoms with Gasteiger partial charge < -0.3 is 22.7 Å². The molecular weight excluding hydrogens is 271 g/mol. The molecule has 0 aliphatic rings. The number of hydrogen-bond acceptors (Lipinski definition) is 3. The smallest absolute Gasteiger partial charge is 0.300 e. The van der Waals surface area contributed by atoms with E-state index in [1.807, 2.05) is 0 Å². The van der Waals surface area contributed by atoms with Gasteiger partial charge in [-0.15, -0.1) is 0 Å². The molecule has 0 saturated carbocycles. The zero-order valence-corrected chi connectivity index (χ0v) is 11.0. The molecule has 0 heterocycles. The van der Waals surface area contributed by atoms with Crippen molar-refractivity contribution in [1.29, 1.82) is 0 Å². The van der Waals surface area contributed by atoms with Crippen LogP contribution >= 0.6 is 0 Å². The summed E-state index contributed by atoms with van der Waals surface area (Å²) in [6, 6.07) is 0. The summed E-state index contributed by atoms with van der Waals surface area (Å²) in [5, 5.41) is 22.2. The predicted octanol–water partition coefficient (Wildman–Crippen LogP) is 0.720. The van der Waals surface area contributed by atoms with Crippen LogP contribution < -0.4 is 0 Å². The van der Waals surface area contributed by atoms with Gasteiger partial charge in [-0.25, -0.2) is 0 Å². The molecule has 84 valence electrons. The Morgan fingerprint density at radius 3 is 0.714 bits per heavy atom. The van der Waals surface area contributed by atoms with Crippen LogP contribution in [0, 0.1) is 7.43 Å². The van der Waals surface area contributed by atoms with Crippen LogP contribution in [0.5, 0.6) is 0 Å². The molecule has 0 rings (SSSR count). The van der Waals surface area contributed by atoms with Crippen molar-refractivity contribution in [2.24, 2.45) is 0 Å². The number of aliphatic carboxylic acids is 3. The van der Waals surface area contributed by atoms with Gasteiger partial charge in [0.2, 0.25) is 0 Å². The Morgan fingerprint density at radius 1 is 0.714 bits per heavy atom. The fourth-order valence-corrected chi connectivity index (χ4v) is 0. The summed E-state index contributed by atoms with van der Waals surface area (Å²) in [6.45, 7) is 3.25. The average Bonchev–Trinajstić information content (AvgIpc) is 1.54. The molecular formula is C7H15O6Zr-. The summed E-state index contributed by atoms with van der Waals surface area (Å²) < 4.78 is 0. The summed E-state index contributed by atoms with van der Waals surface area (Å²) in [6.07, 6.45) is 0. The maximum atomic E-state index is 9.00. The van der Waals surface area contributed by atoms with E-state index in [9.17, 15) is 0 Å². The molecule has 0 aromatic carbocycles. The Bertz CT molecular complexity index is 116. The average molecular weight is 286 g/mol. The summed E-state index contributed by atoms with van der Waals surface area (Å²) in [4.78, 5) is 27.0. The predicted molar refractivity (Wildman–Crippen MR) is 46.3 cm³/mol. The minimum Gasteiger partial charge on any atom is -0.481 e. The van der Waals surface area contributed by atoms with Gasteiger partial charge in [-0.05, 0) is 0 Å². The summed E-state index contributed by atoms with van der Waals surface area (Å²) in [5.74, 6) is -2.50. The van der Waals surface area contributed by atoms with E-state index in [0.29, 0.717) is 0 Å². The van der Waals surface area contributed by atoms with Crippen molar-refractivity contribution >= 4 is 17.9 Å². The first kappa shape index (κ1) is 29.2. The Labute approximate surface area is 102 Å². The molecule has 14 heavy (non-hydrogen) atoms. The third kappa shape index (κ3) is 2390. The summed E-state index contributed by atoms with van der Waals surface area (Å²) in [5.41, 5.74) is 0. The molecule has 0 amide bonds. The van der Waals surface area contributed by atoms with Gasteiger partial charge in [0.1, 0.15) is 0 Å². The van der Waals surface area contributed by atoms with Crippen LogP contribution in [0.4, 0.5) is 0 Å². The Kier molecular flexibility index (Phi) is 47.6. The summed E-state index contributed by atoms with van der Waals surface area (Å²) >= 11 is 0. The standard InChI is InChI=1S/3C2H4O2.CH3.Zr/c3*1-2(3)4;;/h3*1H3,(H,3,4);1H3;/q;;;-1;. The normalized spacial score (nSPS) is 5.36. The van der Waals surface area contributed by atoms with Crippen molar-refractivity contribution in [3.63, 3.8) is 0 Å². The third-order valence-electron chi connectivity index (χ3n) is 0. The number of rotatable bonds is 0. The zero-order valence-electron chi connectivity index (χ0n) is 8.57. The number of carboxylic acids is 3. The molecule has 7 heteroatoms. The molecule has 0 saturated heterocycles. The molecule has 0 atom stereocenters. The second-order valence-corrected chi connectivity index (χ2v) is 1.56. The molecule has 3 N–H and O–H groups in total. The first-order valence-corrected chi connectivity index (χ1v) is 2.78. The largest absolute Gasteiger partial charge is 0.481 e. The van der Waals surface area contributed by atoms with E-state index >= 15 is 0 Å². The van der Waals surface area contributed by atoms with E-state index in [0.717, 1.165) is 20.8 Å². The maximum absolute atomic E-state index is 9.00. The van der Waals surface area contributed by atoms with Gasteiger partial charge in [-0.3, -0.25) is 14.4 Å². The van der Waals surface area contributed by atoms with Gasteiger partial charge in [-0.2, -0.15) is 0 Å². The van der Waals surface area contributed by atoms with Gasteiger partial charge in [0.05, 0.1) is 0 Å². The van der Waals surface area contributed by atoms with Crippen molar-refractivity contribution in [3.8, 4) is 0 Å². The Hall–Kier alpha value is -0.707. The number of carbonyl (C=O) groups is 3. The van der Waals surface area contributed by atoms with Gasteiger partial charge in [-0.1, -0.05) is 0 Å². The maximum Gasteiger partial charge on any atom is 0.300 e. The molecule has 0 radical (unpaired) electrons. The zero-order chi connectivity index (χ0) is 10.7. The molecule has 6 nitrogen and oxygen atoms in total. The molecule has 0 bridgehead atoms. The molecule has 0 fully saturated rings. The first-order valence-electron chi connectivity index (χ1n) is 2.78. The van der Waals surface area contributed by atoms with Crippen LogP contribution in [0.2, 0.25) is 0 Å². The topological polar surface area (TPSA) is 112 Å². The molecule has 0 spiro atoms.